The average Bonchev–Trinajstić information content (AvgIpc) is 2.47. The Morgan fingerprint density at radius 3 is 1.95 bits per heavy atom. The Kier molecular flexibility index (Phi) is 11.6. The van der Waals surface area contributed by atoms with Gasteiger partial charge in [0, 0.05) is 60.7 Å². The van der Waals surface area contributed by atoms with Crippen LogP contribution in [0.4, 0.5) is 0 Å². The van der Waals surface area contributed by atoms with E-state index in [-0.39, 0.29) is 12.4 Å². The molecule has 1 atom stereocenters. The van der Waals surface area contributed by atoms with Gasteiger partial charge in [-0.25, -0.2) is 0 Å². The van der Waals surface area contributed by atoms with E-state index in [4.69, 9.17) is 27.5 Å². The summed E-state index contributed by atoms with van der Waals surface area (Å²) < 4.78 is 32.6. The van der Waals surface area contributed by atoms with E-state index in [2.05, 4.69) is 0 Å². The lowest BCUT2D eigenvalue weighted by Gasteiger charge is -2.30. The van der Waals surface area contributed by atoms with E-state index in [1.807, 2.05) is 6.92 Å². The second kappa shape index (κ2) is 11.6. The molecule has 0 heterocycles. The van der Waals surface area contributed by atoms with Crippen molar-refractivity contribution in [1.82, 2.24) is 0 Å². The van der Waals surface area contributed by atoms with Crippen molar-refractivity contribution >= 4 is 8.80 Å². The predicted molar refractivity (Wildman–Crippen MR) is 78.7 cm³/mol. The van der Waals surface area contributed by atoms with Gasteiger partial charge in [0.25, 0.3) is 0 Å². The Morgan fingerprint density at radius 1 is 0.900 bits per heavy atom. The number of hydrogen-bond donors (Lipinski definition) is 0. The molecule has 0 aliphatic heterocycles. The van der Waals surface area contributed by atoms with E-state index in [0.717, 1.165) is 19.4 Å². The van der Waals surface area contributed by atoms with Gasteiger partial charge in [-0.3, -0.25) is 0 Å². The maximum absolute atomic E-state index is 6.05. The zero-order chi connectivity index (χ0) is 15.4. The molecule has 0 saturated carbocycles. The topological polar surface area (TPSA) is 55.4 Å². The molecular formula is C13H30O6Si. The Labute approximate surface area is 124 Å². The van der Waals surface area contributed by atoms with E-state index in [1.54, 1.807) is 35.5 Å². The Bertz CT molecular complexity index is 221. The van der Waals surface area contributed by atoms with E-state index in [1.165, 1.54) is 0 Å². The van der Waals surface area contributed by atoms with Crippen molar-refractivity contribution < 1.29 is 27.5 Å². The lowest BCUT2D eigenvalue weighted by Crippen LogP contribution is -2.46. The molecule has 0 aliphatic rings. The fourth-order valence-corrected chi connectivity index (χ4v) is 4.16. The summed E-state index contributed by atoms with van der Waals surface area (Å²) in [5, 5.41) is 0. The summed E-state index contributed by atoms with van der Waals surface area (Å²) in [6.45, 7) is 2.76. The largest absolute Gasteiger partial charge is 0.500 e. The van der Waals surface area contributed by atoms with Gasteiger partial charge in [0.15, 0.2) is 6.29 Å². The predicted octanol–water partition coefficient (Wildman–Crippen LogP) is 2.06. The molecule has 1 unspecified atom stereocenters. The highest BCUT2D eigenvalue weighted by molar-refractivity contribution is 6.60. The van der Waals surface area contributed by atoms with Crippen molar-refractivity contribution in [3.05, 3.63) is 0 Å². The van der Waals surface area contributed by atoms with Crippen LogP contribution in [0.1, 0.15) is 26.2 Å². The van der Waals surface area contributed by atoms with Crippen molar-refractivity contribution in [3.8, 4) is 0 Å². The van der Waals surface area contributed by atoms with Gasteiger partial charge in [-0.05, 0) is 19.8 Å². The Balaban J connectivity index is 4.35. The summed E-state index contributed by atoms with van der Waals surface area (Å²) >= 11 is 0. The summed E-state index contributed by atoms with van der Waals surface area (Å²) in [5.41, 5.74) is 0. The minimum Gasteiger partial charge on any atom is -0.385 e. The van der Waals surface area contributed by atoms with Crippen LogP contribution in [-0.4, -0.2) is 63.4 Å². The lowest BCUT2D eigenvalue weighted by molar-refractivity contribution is -0.105. The molecule has 20 heavy (non-hydrogen) atoms. The molecule has 0 spiro atoms. The molecule has 0 N–H and O–H groups in total. The third kappa shape index (κ3) is 7.68. The normalized spacial score (nSPS) is 13.9. The molecule has 0 fully saturated rings. The summed E-state index contributed by atoms with van der Waals surface area (Å²) in [4.78, 5) is 0. The number of rotatable bonds is 13. The molecule has 6 nitrogen and oxygen atoms in total. The van der Waals surface area contributed by atoms with Gasteiger partial charge < -0.3 is 27.5 Å². The quantitative estimate of drug-likeness (QED) is 0.295. The average molecular weight is 310 g/mol. The van der Waals surface area contributed by atoms with Gasteiger partial charge in [-0.15, -0.1) is 0 Å². The second-order valence-corrected chi connectivity index (χ2v) is 7.51. The summed E-state index contributed by atoms with van der Waals surface area (Å²) in [6, 6.07) is 0.654. The molecule has 0 aliphatic carbocycles. The summed E-state index contributed by atoms with van der Waals surface area (Å²) in [6.07, 6.45) is 2.34. The van der Waals surface area contributed by atoms with Crippen LogP contribution in [0.25, 0.3) is 0 Å². The van der Waals surface area contributed by atoms with Crippen molar-refractivity contribution in [3.63, 3.8) is 0 Å². The summed E-state index contributed by atoms with van der Waals surface area (Å²) in [7, 11) is 5.53. The van der Waals surface area contributed by atoms with Crippen molar-refractivity contribution in [2.75, 3.05) is 42.2 Å². The maximum atomic E-state index is 6.05. The highest BCUT2D eigenvalue weighted by Crippen LogP contribution is 2.21. The van der Waals surface area contributed by atoms with E-state index in [0.29, 0.717) is 12.5 Å². The van der Waals surface area contributed by atoms with Crippen LogP contribution in [0.2, 0.25) is 6.04 Å². The number of methoxy groups -OCH3 is 3. The zero-order valence-corrected chi connectivity index (χ0v) is 14.6. The molecule has 0 bridgehead atoms. The lowest BCUT2D eigenvalue weighted by atomic mass is 10.2. The van der Waals surface area contributed by atoms with Gasteiger partial charge in [0.05, 0.1) is 0 Å². The zero-order valence-electron chi connectivity index (χ0n) is 13.6. The summed E-state index contributed by atoms with van der Waals surface area (Å²) in [5.74, 6) is 0. The van der Waals surface area contributed by atoms with Gasteiger partial charge in [-0.1, -0.05) is 0 Å². The number of ether oxygens (including phenoxy) is 3. The van der Waals surface area contributed by atoms with E-state index < -0.39 is 8.80 Å². The highest BCUT2D eigenvalue weighted by atomic mass is 28.4. The smallest absolute Gasteiger partial charge is 0.385 e. The first-order valence-corrected chi connectivity index (χ1v) is 8.83. The first-order chi connectivity index (χ1) is 9.57. The third-order valence-electron chi connectivity index (χ3n) is 3.17. The first kappa shape index (κ1) is 20.0. The molecule has 0 saturated heterocycles. The fraction of sp³-hybridized carbons (Fsp3) is 1.00. The minimum atomic E-state index is -2.66. The van der Waals surface area contributed by atoms with Gasteiger partial charge in [0.1, 0.15) is 0 Å². The SMILES string of the molecule is COCCCC(C)O[Si](CCC(OC)OC)(OC)OC. The van der Waals surface area contributed by atoms with Crippen molar-refractivity contribution in [2.24, 2.45) is 0 Å². The molecule has 0 rings (SSSR count). The van der Waals surface area contributed by atoms with Crippen LogP contribution in [0.3, 0.4) is 0 Å². The van der Waals surface area contributed by atoms with E-state index >= 15 is 0 Å². The van der Waals surface area contributed by atoms with Crippen LogP contribution in [0.5, 0.6) is 0 Å². The third-order valence-corrected chi connectivity index (χ3v) is 6.08. The monoisotopic (exact) mass is 310 g/mol. The van der Waals surface area contributed by atoms with Gasteiger partial charge in [0.2, 0.25) is 0 Å². The van der Waals surface area contributed by atoms with Crippen LogP contribution in [-0.2, 0) is 27.5 Å². The molecule has 0 radical (unpaired) electrons. The molecule has 0 amide bonds. The second-order valence-electron chi connectivity index (χ2n) is 4.59. The maximum Gasteiger partial charge on any atom is 0.500 e. The van der Waals surface area contributed by atoms with Gasteiger partial charge in [-0.2, -0.15) is 0 Å². The minimum absolute atomic E-state index is 0.0697. The Morgan fingerprint density at radius 2 is 1.50 bits per heavy atom. The molecule has 7 heteroatoms. The Hall–Kier alpha value is -0.0231. The van der Waals surface area contributed by atoms with Gasteiger partial charge >= 0.3 is 8.80 Å². The van der Waals surface area contributed by atoms with Crippen molar-refractivity contribution in [2.45, 2.75) is 44.6 Å². The molecule has 122 valence electrons. The highest BCUT2D eigenvalue weighted by Gasteiger charge is 2.41. The molecule has 0 aromatic rings. The van der Waals surface area contributed by atoms with Crippen LogP contribution >= 0.6 is 0 Å². The fourth-order valence-electron chi connectivity index (χ4n) is 1.95. The molecule has 0 aromatic carbocycles. The first-order valence-electron chi connectivity index (χ1n) is 6.90. The van der Waals surface area contributed by atoms with Crippen LogP contribution in [0.15, 0.2) is 0 Å². The van der Waals surface area contributed by atoms with Crippen LogP contribution in [0, 0.1) is 0 Å². The standard InChI is InChI=1S/C13H30O6Si/c1-12(8-7-10-14-2)19-20(17-5,18-6)11-9-13(15-3)16-4/h12-13H,7-11H2,1-6H3. The molecular weight excluding hydrogens is 280 g/mol. The van der Waals surface area contributed by atoms with Crippen molar-refractivity contribution in [1.29, 1.82) is 0 Å². The van der Waals surface area contributed by atoms with E-state index in [9.17, 15) is 0 Å². The van der Waals surface area contributed by atoms with Crippen LogP contribution < -0.4 is 0 Å². The molecule has 0 aromatic heterocycles. The number of hydrogen-bond acceptors (Lipinski definition) is 6.